The summed E-state index contributed by atoms with van der Waals surface area (Å²) in [5, 5.41) is 3.05. The summed E-state index contributed by atoms with van der Waals surface area (Å²) in [5.41, 5.74) is -0.207. The molecule has 0 saturated heterocycles. The minimum atomic E-state index is -3.75. The van der Waals surface area contributed by atoms with Crippen molar-refractivity contribution in [3.8, 4) is 0 Å². The van der Waals surface area contributed by atoms with Gasteiger partial charge in [-0.15, -0.1) is 0 Å². The number of hydrogen-bond acceptors (Lipinski definition) is 5. The Morgan fingerprint density at radius 3 is 2.35 bits per heavy atom. The lowest BCUT2D eigenvalue weighted by atomic mass is 10.1. The second kappa shape index (κ2) is 7.70. The number of rotatable bonds is 5. The van der Waals surface area contributed by atoms with E-state index in [-0.39, 0.29) is 11.6 Å². The number of amides is 1. The third-order valence-corrected chi connectivity index (χ3v) is 3.76. The van der Waals surface area contributed by atoms with Gasteiger partial charge in [0, 0.05) is 0 Å². The van der Waals surface area contributed by atoms with Crippen molar-refractivity contribution in [1.82, 2.24) is 5.32 Å². The molecule has 1 atom stereocenters. The molecule has 0 fully saturated rings. The molecule has 1 aromatic carbocycles. The standard InChI is InChI=1S/C14H19Cl2NO5S/c1-14(2,3)21-13(18)17-8-12(22-23(4,19)20)9-5-6-10(15)11(16)7-9/h5-7,12H,8H2,1-4H3,(H,17,18). The molecular formula is C14H19Cl2NO5S. The first-order chi connectivity index (χ1) is 10.4. The summed E-state index contributed by atoms with van der Waals surface area (Å²) in [4.78, 5) is 11.7. The van der Waals surface area contributed by atoms with Gasteiger partial charge in [-0.2, -0.15) is 8.42 Å². The lowest BCUT2D eigenvalue weighted by Crippen LogP contribution is -2.35. The normalized spacial score (nSPS) is 13.5. The Bertz CT molecular complexity index is 670. The molecule has 1 rings (SSSR count). The molecule has 1 amide bonds. The van der Waals surface area contributed by atoms with Gasteiger partial charge in [0.1, 0.15) is 11.7 Å². The number of benzene rings is 1. The van der Waals surface area contributed by atoms with E-state index < -0.39 is 27.9 Å². The molecule has 0 radical (unpaired) electrons. The number of carbonyl (C=O) groups excluding carboxylic acids is 1. The summed E-state index contributed by atoms with van der Waals surface area (Å²) in [7, 11) is -3.75. The van der Waals surface area contributed by atoms with Crippen molar-refractivity contribution in [3.05, 3.63) is 33.8 Å². The van der Waals surface area contributed by atoms with Gasteiger partial charge in [-0.3, -0.25) is 4.18 Å². The van der Waals surface area contributed by atoms with Gasteiger partial charge in [-0.05, 0) is 38.5 Å². The molecule has 0 aliphatic carbocycles. The molecule has 130 valence electrons. The number of hydrogen-bond donors (Lipinski definition) is 1. The number of alkyl carbamates (subject to hydrolysis) is 1. The van der Waals surface area contributed by atoms with Crippen LogP contribution < -0.4 is 5.32 Å². The van der Waals surface area contributed by atoms with Crippen LogP contribution in [-0.2, 0) is 19.0 Å². The fraction of sp³-hybridized carbons (Fsp3) is 0.500. The number of carbonyl (C=O) groups is 1. The lowest BCUT2D eigenvalue weighted by Gasteiger charge is -2.22. The van der Waals surface area contributed by atoms with Gasteiger partial charge in [-0.25, -0.2) is 4.79 Å². The van der Waals surface area contributed by atoms with Gasteiger partial charge < -0.3 is 10.1 Å². The van der Waals surface area contributed by atoms with E-state index in [1.54, 1.807) is 26.8 Å². The van der Waals surface area contributed by atoms with Crippen LogP contribution in [-0.4, -0.2) is 32.9 Å². The smallest absolute Gasteiger partial charge is 0.407 e. The topological polar surface area (TPSA) is 81.7 Å². The fourth-order valence-electron chi connectivity index (χ4n) is 1.62. The Kier molecular flexibility index (Phi) is 6.70. The molecule has 0 heterocycles. The molecule has 0 aromatic heterocycles. The van der Waals surface area contributed by atoms with Gasteiger partial charge in [0.25, 0.3) is 10.1 Å². The van der Waals surface area contributed by atoms with Crippen LogP contribution in [0.2, 0.25) is 10.0 Å². The number of halogens is 2. The molecule has 9 heteroatoms. The summed E-state index contributed by atoms with van der Waals surface area (Å²) in [6.07, 6.45) is -0.711. The summed E-state index contributed by atoms with van der Waals surface area (Å²) in [6.45, 7) is 5.04. The van der Waals surface area contributed by atoms with Crippen LogP contribution in [0.15, 0.2) is 18.2 Å². The van der Waals surface area contributed by atoms with Crippen LogP contribution in [0, 0.1) is 0 Å². The fourth-order valence-corrected chi connectivity index (χ4v) is 2.53. The van der Waals surface area contributed by atoms with Gasteiger partial charge in [0.15, 0.2) is 0 Å². The highest BCUT2D eigenvalue weighted by Crippen LogP contribution is 2.27. The zero-order chi connectivity index (χ0) is 17.8. The van der Waals surface area contributed by atoms with E-state index in [1.165, 1.54) is 12.1 Å². The van der Waals surface area contributed by atoms with Crippen molar-refractivity contribution in [2.75, 3.05) is 12.8 Å². The molecule has 0 aliphatic rings. The van der Waals surface area contributed by atoms with E-state index in [9.17, 15) is 13.2 Å². The molecule has 1 unspecified atom stereocenters. The summed E-state index contributed by atoms with van der Waals surface area (Å²) < 4.78 is 32.9. The van der Waals surface area contributed by atoms with Crippen LogP contribution in [0.1, 0.15) is 32.4 Å². The van der Waals surface area contributed by atoms with Gasteiger partial charge >= 0.3 is 6.09 Å². The average Bonchev–Trinajstić information content (AvgIpc) is 2.34. The van der Waals surface area contributed by atoms with Crippen molar-refractivity contribution < 1.29 is 22.1 Å². The maximum absolute atomic E-state index is 11.7. The second-order valence-corrected chi connectivity index (χ2v) is 8.26. The third-order valence-electron chi connectivity index (χ3n) is 2.44. The van der Waals surface area contributed by atoms with Crippen LogP contribution in [0.25, 0.3) is 0 Å². The van der Waals surface area contributed by atoms with E-state index in [4.69, 9.17) is 32.1 Å². The third kappa shape index (κ3) is 7.87. The SMILES string of the molecule is CC(C)(C)OC(=O)NCC(OS(C)(=O)=O)c1ccc(Cl)c(Cl)c1. The molecule has 0 bridgehead atoms. The minimum Gasteiger partial charge on any atom is -0.444 e. The van der Waals surface area contributed by atoms with E-state index in [2.05, 4.69) is 5.32 Å². The lowest BCUT2D eigenvalue weighted by molar-refractivity contribution is 0.0502. The molecule has 1 aromatic rings. The highest BCUT2D eigenvalue weighted by atomic mass is 35.5. The maximum atomic E-state index is 11.7. The second-order valence-electron chi connectivity index (χ2n) is 5.85. The largest absolute Gasteiger partial charge is 0.444 e. The van der Waals surface area contributed by atoms with Crippen LogP contribution >= 0.6 is 23.2 Å². The molecule has 23 heavy (non-hydrogen) atoms. The van der Waals surface area contributed by atoms with Gasteiger partial charge in [0.05, 0.1) is 22.8 Å². The predicted molar refractivity (Wildman–Crippen MR) is 89.4 cm³/mol. The Morgan fingerprint density at radius 1 is 1.26 bits per heavy atom. The predicted octanol–water partition coefficient (Wildman–Crippen LogP) is 3.54. The van der Waals surface area contributed by atoms with E-state index in [1.807, 2.05) is 0 Å². The first-order valence-electron chi connectivity index (χ1n) is 6.67. The molecule has 0 aliphatic heterocycles. The average molecular weight is 384 g/mol. The van der Waals surface area contributed by atoms with Crippen LogP contribution in [0.4, 0.5) is 4.79 Å². The van der Waals surface area contributed by atoms with Crippen LogP contribution in [0.3, 0.4) is 0 Å². The summed E-state index contributed by atoms with van der Waals surface area (Å²) >= 11 is 11.8. The minimum absolute atomic E-state index is 0.111. The monoisotopic (exact) mass is 383 g/mol. The highest BCUT2D eigenvalue weighted by molar-refractivity contribution is 7.86. The van der Waals surface area contributed by atoms with Crippen LogP contribution in [0.5, 0.6) is 0 Å². The van der Waals surface area contributed by atoms with Crippen molar-refractivity contribution in [3.63, 3.8) is 0 Å². The van der Waals surface area contributed by atoms with Crippen molar-refractivity contribution in [2.24, 2.45) is 0 Å². The molecule has 6 nitrogen and oxygen atoms in total. The highest BCUT2D eigenvalue weighted by Gasteiger charge is 2.22. The maximum Gasteiger partial charge on any atom is 0.407 e. The van der Waals surface area contributed by atoms with Gasteiger partial charge in [-0.1, -0.05) is 29.3 Å². The Labute approximate surface area is 146 Å². The Hall–Kier alpha value is -1.02. The van der Waals surface area contributed by atoms with Crippen molar-refractivity contribution >= 4 is 39.4 Å². The van der Waals surface area contributed by atoms with E-state index in [0.717, 1.165) is 6.26 Å². The Morgan fingerprint density at radius 2 is 1.87 bits per heavy atom. The van der Waals surface area contributed by atoms with Crippen molar-refractivity contribution in [1.29, 1.82) is 0 Å². The number of nitrogens with one attached hydrogen (secondary N) is 1. The number of ether oxygens (including phenoxy) is 1. The summed E-state index contributed by atoms with van der Waals surface area (Å²) in [6, 6.07) is 4.57. The molecular weight excluding hydrogens is 365 g/mol. The first-order valence-corrected chi connectivity index (χ1v) is 9.25. The molecule has 0 saturated carbocycles. The zero-order valence-electron chi connectivity index (χ0n) is 13.2. The first kappa shape index (κ1) is 20.0. The van der Waals surface area contributed by atoms with E-state index >= 15 is 0 Å². The molecule has 0 spiro atoms. The zero-order valence-corrected chi connectivity index (χ0v) is 15.6. The molecule has 1 N–H and O–H groups in total. The Balaban J connectivity index is 2.89. The van der Waals surface area contributed by atoms with Crippen molar-refractivity contribution in [2.45, 2.75) is 32.5 Å². The summed E-state index contributed by atoms with van der Waals surface area (Å²) in [5.74, 6) is 0. The van der Waals surface area contributed by atoms with E-state index in [0.29, 0.717) is 10.6 Å². The van der Waals surface area contributed by atoms with Gasteiger partial charge in [0.2, 0.25) is 0 Å². The quantitative estimate of drug-likeness (QED) is 0.786.